The molecule has 0 unspecified atom stereocenters. The highest BCUT2D eigenvalue weighted by Gasteiger charge is 2.15. The number of nitrogens with zero attached hydrogens (tertiary/aromatic N) is 4. The van der Waals surface area contributed by atoms with Gasteiger partial charge in [-0.15, -0.1) is 0 Å². The fourth-order valence-electron chi connectivity index (χ4n) is 2.05. The van der Waals surface area contributed by atoms with E-state index in [9.17, 15) is 4.79 Å². The number of amides is 1. The van der Waals surface area contributed by atoms with Crippen LogP contribution in [0.15, 0.2) is 54.0 Å². The lowest BCUT2D eigenvalue weighted by atomic mass is 10.3. The highest BCUT2D eigenvalue weighted by Crippen LogP contribution is 2.11. The zero-order valence-electron chi connectivity index (χ0n) is 11.4. The van der Waals surface area contributed by atoms with Crippen molar-refractivity contribution in [2.24, 2.45) is 5.10 Å². The normalized spacial score (nSPS) is 11.1. The number of nitrogens with one attached hydrogen (secondary N) is 1. The van der Waals surface area contributed by atoms with E-state index in [0.717, 1.165) is 11.2 Å². The Morgan fingerprint density at radius 1 is 1.29 bits per heavy atom. The van der Waals surface area contributed by atoms with E-state index in [0.29, 0.717) is 11.4 Å². The summed E-state index contributed by atoms with van der Waals surface area (Å²) in [6.45, 7) is 1.80. The van der Waals surface area contributed by atoms with Crippen LogP contribution in [0.4, 0.5) is 0 Å². The first-order valence-corrected chi connectivity index (χ1v) is 6.43. The van der Waals surface area contributed by atoms with Crippen LogP contribution in [-0.2, 0) is 0 Å². The minimum atomic E-state index is -0.295. The smallest absolute Gasteiger partial charge is 0.290 e. The first-order chi connectivity index (χ1) is 10.3. The summed E-state index contributed by atoms with van der Waals surface area (Å²) in [6, 6.07) is 9.18. The third-order valence-electron chi connectivity index (χ3n) is 3.01. The second kappa shape index (κ2) is 5.54. The standard InChI is InChI=1S/C15H13N5O/c1-11-14(20-9-3-2-4-13(20)18-11)15(21)19-17-10-12-5-7-16-8-6-12/h2-10H,1H3,(H,19,21). The van der Waals surface area contributed by atoms with E-state index < -0.39 is 0 Å². The molecule has 104 valence electrons. The van der Waals surface area contributed by atoms with Gasteiger partial charge in [-0.05, 0) is 36.8 Å². The molecule has 3 heterocycles. The molecule has 6 heteroatoms. The molecule has 0 aliphatic rings. The van der Waals surface area contributed by atoms with E-state index in [2.05, 4.69) is 20.5 Å². The number of fused-ring (bicyclic) bond motifs is 1. The van der Waals surface area contributed by atoms with E-state index in [1.54, 1.807) is 48.3 Å². The van der Waals surface area contributed by atoms with E-state index in [1.165, 1.54) is 0 Å². The molecule has 0 bridgehead atoms. The molecule has 0 saturated heterocycles. The largest absolute Gasteiger partial charge is 0.295 e. The highest BCUT2D eigenvalue weighted by molar-refractivity contribution is 5.95. The molecule has 1 amide bonds. The van der Waals surface area contributed by atoms with Crippen LogP contribution in [-0.4, -0.2) is 26.5 Å². The lowest BCUT2D eigenvalue weighted by Crippen LogP contribution is -2.20. The van der Waals surface area contributed by atoms with Gasteiger partial charge in [0.15, 0.2) is 0 Å². The number of hydrogen-bond acceptors (Lipinski definition) is 4. The Hall–Kier alpha value is -3.02. The Morgan fingerprint density at radius 3 is 2.90 bits per heavy atom. The quantitative estimate of drug-likeness (QED) is 0.587. The highest BCUT2D eigenvalue weighted by atomic mass is 16.2. The van der Waals surface area contributed by atoms with Gasteiger partial charge in [0, 0.05) is 18.6 Å². The molecule has 0 fully saturated rings. The second-order valence-corrected chi connectivity index (χ2v) is 4.45. The average Bonchev–Trinajstić information content (AvgIpc) is 2.84. The maximum absolute atomic E-state index is 12.2. The molecule has 0 radical (unpaired) electrons. The van der Waals surface area contributed by atoms with E-state index >= 15 is 0 Å². The van der Waals surface area contributed by atoms with Crippen LogP contribution in [0.5, 0.6) is 0 Å². The zero-order chi connectivity index (χ0) is 14.7. The number of hydrazone groups is 1. The Labute approximate surface area is 121 Å². The van der Waals surface area contributed by atoms with E-state index in [-0.39, 0.29) is 5.91 Å². The summed E-state index contributed by atoms with van der Waals surface area (Å²) in [5.74, 6) is -0.295. The molecule has 3 aromatic rings. The maximum atomic E-state index is 12.2. The molecular weight excluding hydrogens is 266 g/mol. The van der Waals surface area contributed by atoms with Gasteiger partial charge in [0.05, 0.1) is 11.9 Å². The Bertz CT molecular complexity index is 807. The molecular formula is C15H13N5O. The van der Waals surface area contributed by atoms with Crippen molar-refractivity contribution in [2.75, 3.05) is 0 Å². The monoisotopic (exact) mass is 279 g/mol. The van der Waals surface area contributed by atoms with Gasteiger partial charge in [-0.3, -0.25) is 14.2 Å². The predicted molar refractivity (Wildman–Crippen MR) is 79.2 cm³/mol. The van der Waals surface area contributed by atoms with Crippen LogP contribution < -0.4 is 5.43 Å². The number of aromatic nitrogens is 3. The summed E-state index contributed by atoms with van der Waals surface area (Å²) in [4.78, 5) is 20.5. The summed E-state index contributed by atoms with van der Waals surface area (Å²) in [5, 5.41) is 3.95. The fraction of sp³-hybridized carbons (Fsp3) is 0.0667. The lowest BCUT2D eigenvalue weighted by molar-refractivity contribution is 0.0948. The van der Waals surface area contributed by atoms with Crippen molar-refractivity contribution in [3.8, 4) is 0 Å². The Kier molecular flexibility index (Phi) is 3.42. The molecule has 3 aromatic heterocycles. The Balaban J connectivity index is 1.82. The van der Waals surface area contributed by atoms with Crippen LogP contribution in [0, 0.1) is 6.92 Å². The topological polar surface area (TPSA) is 71.7 Å². The fourth-order valence-corrected chi connectivity index (χ4v) is 2.05. The number of carbonyl (C=O) groups excluding carboxylic acids is 1. The minimum absolute atomic E-state index is 0.295. The Morgan fingerprint density at radius 2 is 2.10 bits per heavy atom. The van der Waals surface area contributed by atoms with Gasteiger partial charge in [0.2, 0.25) is 0 Å². The number of carbonyl (C=O) groups is 1. The summed E-state index contributed by atoms with van der Waals surface area (Å²) >= 11 is 0. The number of aryl methyl sites for hydroxylation is 1. The van der Waals surface area contributed by atoms with Crippen molar-refractivity contribution >= 4 is 17.8 Å². The number of pyridine rings is 2. The van der Waals surface area contributed by atoms with Crippen molar-refractivity contribution < 1.29 is 4.79 Å². The molecule has 21 heavy (non-hydrogen) atoms. The first-order valence-electron chi connectivity index (χ1n) is 6.43. The van der Waals surface area contributed by atoms with Crippen molar-refractivity contribution in [1.29, 1.82) is 0 Å². The van der Waals surface area contributed by atoms with E-state index in [1.807, 2.05) is 18.2 Å². The average molecular weight is 279 g/mol. The molecule has 0 spiro atoms. The van der Waals surface area contributed by atoms with Gasteiger partial charge in [0.25, 0.3) is 5.91 Å². The van der Waals surface area contributed by atoms with Crippen LogP contribution in [0.25, 0.3) is 5.65 Å². The van der Waals surface area contributed by atoms with Crippen molar-refractivity contribution in [2.45, 2.75) is 6.92 Å². The summed E-state index contributed by atoms with van der Waals surface area (Å²) in [7, 11) is 0. The van der Waals surface area contributed by atoms with Gasteiger partial charge in [-0.25, -0.2) is 10.4 Å². The summed E-state index contributed by atoms with van der Waals surface area (Å²) in [6.07, 6.45) is 6.70. The molecule has 0 aromatic carbocycles. The molecule has 0 saturated carbocycles. The second-order valence-electron chi connectivity index (χ2n) is 4.45. The third-order valence-corrected chi connectivity index (χ3v) is 3.01. The van der Waals surface area contributed by atoms with Gasteiger partial charge >= 0.3 is 0 Å². The molecule has 6 nitrogen and oxygen atoms in total. The summed E-state index contributed by atoms with van der Waals surface area (Å²) in [5.41, 5.74) is 5.26. The maximum Gasteiger partial charge on any atom is 0.290 e. The van der Waals surface area contributed by atoms with Crippen molar-refractivity contribution in [3.05, 3.63) is 65.9 Å². The van der Waals surface area contributed by atoms with Crippen LogP contribution in [0.2, 0.25) is 0 Å². The van der Waals surface area contributed by atoms with Gasteiger partial charge in [0.1, 0.15) is 11.3 Å². The lowest BCUT2D eigenvalue weighted by Gasteiger charge is -2.01. The zero-order valence-corrected chi connectivity index (χ0v) is 11.4. The molecule has 1 N–H and O–H groups in total. The molecule has 3 rings (SSSR count). The van der Waals surface area contributed by atoms with Gasteiger partial charge < -0.3 is 0 Å². The third kappa shape index (κ3) is 2.64. The van der Waals surface area contributed by atoms with Crippen molar-refractivity contribution in [3.63, 3.8) is 0 Å². The van der Waals surface area contributed by atoms with Gasteiger partial charge in [-0.2, -0.15) is 5.10 Å². The van der Waals surface area contributed by atoms with E-state index in [4.69, 9.17) is 0 Å². The van der Waals surface area contributed by atoms with Crippen LogP contribution in [0.1, 0.15) is 21.7 Å². The van der Waals surface area contributed by atoms with Gasteiger partial charge in [-0.1, -0.05) is 6.07 Å². The molecule has 0 atom stereocenters. The SMILES string of the molecule is Cc1nc2ccccn2c1C(=O)NN=Cc1ccncc1. The number of imidazole rings is 1. The predicted octanol–water partition coefficient (Wildman–Crippen LogP) is 1.80. The summed E-state index contributed by atoms with van der Waals surface area (Å²) < 4.78 is 1.74. The van der Waals surface area contributed by atoms with Crippen LogP contribution in [0.3, 0.4) is 0 Å². The number of rotatable bonds is 3. The molecule has 0 aliphatic heterocycles. The van der Waals surface area contributed by atoms with Crippen molar-refractivity contribution in [1.82, 2.24) is 19.8 Å². The minimum Gasteiger partial charge on any atom is -0.295 e. The molecule has 0 aliphatic carbocycles. The number of hydrogen-bond donors (Lipinski definition) is 1. The van der Waals surface area contributed by atoms with Crippen LogP contribution >= 0.6 is 0 Å². The first kappa shape index (κ1) is 13.0.